The van der Waals surface area contributed by atoms with Gasteiger partial charge < -0.3 is 22.6 Å². The lowest BCUT2D eigenvalue weighted by Gasteiger charge is -2.35. The predicted octanol–water partition coefficient (Wildman–Crippen LogP) is 15.4. The van der Waals surface area contributed by atoms with Gasteiger partial charge in [0.15, 0.2) is 0 Å². The molecule has 1 saturated carbocycles. The molecule has 0 N–H and O–H groups in total. The summed E-state index contributed by atoms with van der Waals surface area (Å²) in [6.45, 7) is 17.6. The van der Waals surface area contributed by atoms with Gasteiger partial charge >= 0.3 is 17.2 Å². The fourth-order valence-corrected chi connectivity index (χ4v) is 9.65. The summed E-state index contributed by atoms with van der Waals surface area (Å²) in [6.07, 6.45) is 4.54. The Hall–Kier alpha value is -4.08. The van der Waals surface area contributed by atoms with Gasteiger partial charge in [0.1, 0.15) is 28.7 Å². The molecule has 8 heteroatoms. The van der Waals surface area contributed by atoms with Crippen LogP contribution in [0.25, 0.3) is 11.1 Å². The van der Waals surface area contributed by atoms with Gasteiger partial charge in [-0.1, -0.05) is 159 Å². The molecule has 0 amide bonds. The summed E-state index contributed by atoms with van der Waals surface area (Å²) in [7, 11) is -3.79. The average molecular weight is 793 g/mol. The number of rotatable bonds is 17. The molecule has 6 rings (SSSR count). The lowest BCUT2D eigenvalue weighted by molar-refractivity contribution is 0.0585. The monoisotopic (exact) mass is 792 g/mol. The van der Waals surface area contributed by atoms with Crippen molar-refractivity contribution in [1.82, 2.24) is 0 Å². The van der Waals surface area contributed by atoms with Gasteiger partial charge in [-0.05, 0) is 89.5 Å². The molecule has 6 nitrogen and oxygen atoms in total. The van der Waals surface area contributed by atoms with Crippen molar-refractivity contribution in [2.24, 2.45) is 11.8 Å². The fraction of sp³-hybridized carbons (Fsp3) is 0.375. The van der Waals surface area contributed by atoms with E-state index in [-0.39, 0.29) is 23.9 Å². The standard InChI is InChI=1S/C48H58O6P2/c1-33(2)37-21-9-15-27-43(37)49-55(50-44-28-16-10-22-38(44)34(3)4)53-47-31-19-13-25-41(47)42-26-14-20-32-48(42)54-56(51-45-29-17-11-23-39(45)35(5)6)52-46-30-18-12-24-40(46)36(7)8/h9-11,13-17,19-23,25-29,31-36,40,46H,12,18,24,30H2,1-8H3/t40?,46-,56?/m0/s1. The molecule has 3 atom stereocenters. The van der Waals surface area contributed by atoms with Crippen LogP contribution in [0, 0.1) is 11.8 Å². The third-order valence-electron chi connectivity index (χ3n) is 10.4. The normalized spacial score (nSPS) is 16.4. The average Bonchev–Trinajstić information content (AvgIpc) is 3.19. The second-order valence-corrected chi connectivity index (χ2v) is 17.8. The van der Waals surface area contributed by atoms with Crippen molar-refractivity contribution in [2.45, 2.75) is 105 Å². The van der Waals surface area contributed by atoms with Crippen LogP contribution in [0.3, 0.4) is 0 Å². The maximum absolute atomic E-state index is 6.94. The highest BCUT2D eigenvalue weighted by Gasteiger charge is 2.34. The van der Waals surface area contributed by atoms with E-state index in [1.54, 1.807) is 0 Å². The molecule has 0 radical (unpaired) electrons. The Morgan fingerprint density at radius 2 is 0.750 bits per heavy atom. The van der Waals surface area contributed by atoms with Gasteiger partial charge in [-0.25, -0.2) is 0 Å². The van der Waals surface area contributed by atoms with Crippen LogP contribution in [0.15, 0.2) is 121 Å². The van der Waals surface area contributed by atoms with E-state index in [0.717, 1.165) is 64.3 Å². The van der Waals surface area contributed by atoms with Gasteiger partial charge in [-0.2, -0.15) is 0 Å². The van der Waals surface area contributed by atoms with Crippen molar-refractivity contribution < 1.29 is 27.1 Å². The van der Waals surface area contributed by atoms with Gasteiger partial charge in [0.25, 0.3) is 0 Å². The number of benzene rings is 5. The first kappa shape index (κ1) is 41.6. The summed E-state index contributed by atoms with van der Waals surface area (Å²) < 4.78 is 40.9. The Morgan fingerprint density at radius 1 is 0.411 bits per heavy atom. The van der Waals surface area contributed by atoms with E-state index >= 15 is 0 Å². The summed E-state index contributed by atoms with van der Waals surface area (Å²) in [5.74, 6) is 5.23. The van der Waals surface area contributed by atoms with Crippen LogP contribution < -0.4 is 22.6 Å². The first-order valence-electron chi connectivity index (χ1n) is 20.2. The van der Waals surface area contributed by atoms with Crippen LogP contribution in [0.2, 0.25) is 0 Å². The van der Waals surface area contributed by atoms with Crippen LogP contribution >= 0.6 is 17.2 Å². The summed E-state index contributed by atoms with van der Waals surface area (Å²) >= 11 is 0. The number of para-hydroxylation sites is 5. The Labute approximate surface area is 337 Å². The maximum atomic E-state index is 6.94. The molecule has 1 fully saturated rings. The molecule has 0 bridgehead atoms. The molecule has 0 heterocycles. The molecular formula is C48H58O6P2. The largest absolute Gasteiger partial charge is 0.530 e. The van der Waals surface area contributed by atoms with E-state index in [2.05, 4.69) is 85.7 Å². The van der Waals surface area contributed by atoms with Crippen LogP contribution in [0.5, 0.6) is 28.7 Å². The van der Waals surface area contributed by atoms with Gasteiger partial charge in [-0.3, -0.25) is 4.52 Å². The van der Waals surface area contributed by atoms with Crippen molar-refractivity contribution in [3.05, 3.63) is 138 Å². The smallest absolute Gasteiger partial charge is 0.417 e. The fourth-order valence-electron chi connectivity index (χ4n) is 7.31. The zero-order chi connectivity index (χ0) is 39.6. The highest BCUT2D eigenvalue weighted by atomic mass is 31.2. The van der Waals surface area contributed by atoms with E-state index in [4.69, 9.17) is 27.1 Å². The summed E-state index contributed by atoms with van der Waals surface area (Å²) in [6, 6.07) is 40.4. The lowest BCUT2D eigenvalue weighted by Crippen LogP contribution is -2.31. The topological polar surface area (TPSA) is 55.4 Å². The number of hydrogen-bond donors (Lipinski definition) is 0. The SMILES string of the molecule is CC(C)c1ccccc1OP(Oc1ccccc1-c1ccccc1OP(Oc1ccccc1C(C)C)O[C@H]1CCCCC1C(C)C)Oc1ccccc1C(C)C. The minimum absolute atomic E-state index is 0.0455. The van der Waals surface area contributed by atoms with Crippen LogP contribution in [0.4, 0.5) is 0 Å². The van der Waals surface area contributed by atoms with Crippen molar-refractivity contribution >= 4 is 17.2 Å². The molecular weight excluding hydrogens is 734 g/mol. The molecule has 1 aliphatic carbocycles. The second-order valence-electron chi connectivity index (χ2n) is 15.8. The quantitative estimate of drug-likeness (QED) is 0.0874. The van der Waals surface area contributed by atoms with Crippen LogP contribution in [0.1, 0.15) is 116 Å². The zero-order valence-corrected chi connectivity index (χ0v) is 36.0. The molecule has 56 heavy (non-hydrogen) atoms. The van der Waals surface area contributed by atoms with E-state index < -0.39 is 17.2 Å². The van der Waals surface area contributed by atoms with Crippen LogP contribution in [-0.4, -0.2) is 6.10 Å². The summed E-state index contributed by atoms with van der Waals surface area (Å²) in [5, 5.41) is 0. The highest BCUT2D eigenvalue weighted by molar-refractivity contribution is 7.43. The van der Waals surface area contributed by atoms with Gasteiger partial charge in [0.05, 0.1) is 6.10 Å². The van der Waals surface area contributed by atoms with E-state index in [9.17, 15) is 0 Å². The Kier molecular flexibility index (Phi) is 14.7. The van der Waals surface area contributed by atoms with Crippen molar-refractivity contribution in [2.75, 3.05) is 0 Å². The molecule has 2 unspecified atom stereocenters. The highest BCUT2D eigenvalue weighted by Crippen LogP contribution is 2.52. The molecule has 296 valence electrons. The Balaban J connectivity index is 1.36. The van der Waals surface area contributed by atoms with Crippen molar-refractivity contribution in [3.63, 3.8) is 0 Å². The minimum atomic E-state index is -1.96. The summed E-state index contributed by atoms with van der Waals surface area (Å²) in [5.41, 5.74) is 4.98. The molecule has 5 aromatic rings. The molecule has 0 spiro atoms. The Morgan fingerprint density at radius 3 is 1.18 bits per heavy atom. The van der Waals surface area contributed by atoms with Gasteiger partial charge in [0.2, 0.25) is 0 Å². The number of hydrogen-bond acceptors (Lipinski definition) is 6. The first-order valence-corrected chi connectivity index (χ1v) is 22.4. The van der Waals surface area contributed by atoms with E-state index in [1.165, 1.54) is 6.42 Å². The molecule has 1 aliphatic rings. The van der Waals surface area contributed by atoms with Gasteiger partial charge in [-0.15, -0.1) is 0 Å². The molecule has 5 aromatic carbocycles. The van der Waals surface area contributed by atoms with Gasteiger partial charge in [0, 0.05) is 11.1 Å². The maximum Gasteiger partial charge on any atom is 0.530 e. The van der Waals surface area contributed by atoms with Crippen molar-refractivity contribution in [3.8, 4) is 39.9 Å². The molecule has 0 aliphatic heterocycles. The third kappa shape index (κ3) is 10.6. The van der Waals surface area contributed by atoms with E-state index in [0.29, 0.717) is 23.3 Å². The minimum Gasteiger partial charge on any atom is -0.417 e. The van der Waals surface area contributed by atoms with Crippen LogP contribution in [-0.2, 0) is 4.52 Å². The second kappa shape index (κ2) is 19.9. The zero-order valence-electron chi connectivity index (χ0n) is 34.2. The first-order chi connectivity index (χ1) is 27.1. The van der Waals surface area contributed by atoms with E-state index in [1.807, 2.05) is 91.0 Å². The lowest BCUT2D eigenvalue weighted by atomic mass is 9.79. The predicted molar refractivity (Wildman–Crippen MR) is 232 cm³/mol. The molecule has 0 aromatic heterocycles. The molecule has 0 saturated heterocycles. The third-order valence-corrected chi connectivity index (χ3v) is 12.6. The Bertz CT molecular complexity index is 1940. The van der Waals surface area contributed by atoms with Crippen molar-refractivity contribution in [1.29, 1.82) is 0 Å². The summed E-state index contributed by atoms with van der Waals surface area (Å²) in [4.78, 5) is 0.